The van der Waals surface area contributed by atoms with Crippen LogP contribution in [0.1, 0.15) is 69.7 Å². The summed E-state index contributed by atoms with van der Waals surface area (Å²) in [7, 11) is 0. The van der Waals surface area contributed by atoms with Gasteiger partial charge in [0.05, 0.1) is 11.1 Å². The Kier molecular flexibility index (Phi) is 5.39. The van der Waals surface area contributed by atoms with Crippen LogP contribution in [0.5, 0.6) is 0 Å². The van der Waals surface area contributed by atoms with E-state index in [9.17, 15) is 9.90 Å². The summed E-state index contributed by atoms with van der Waals surface area (Å²) in [4.78, 5) is 11.7. The summed E-state index contributed by atoms with van der Waals surface area (Å²) in [5, 5.41) is 20.3. The fraction of sp³-hybridized carbons (Fsp3) is 0.750. The Hall–Kier alpha value is -1.36. The van der Waals surface area contributed by atoms with Gasteiger partial charge in [0.15, 0.2) is 0 Å². The number of hydrogen-bond donors (Lipinski definition) is 3. The van der Waals surface area contributed by atoms with E-state index in [1.54, 1.807) is 0 Å². The third kappa shape index (κ3) is 4.06. The van der Waals surface area contributed by atoms with Gasteiger partial charge in [-0.25, -0.2) is 0 Å². The van der Waals surface area contributed by atoms with Gasteiger partial charge in [-0.3, -0.25) is 9.89 Å². The zero-order valence-corrected chi connectivity index (χ0v) is 13.1. The second-order valence-corrected chi connectivity index (χ2v) is 6.28. The summed E-state index contributed by atoms with van der Waals surface area (Å²) < 4.78 is 0. The molecule has 1 aromatic rings. The summed E-state index contributed by atoms with van der Waals surface area (Å²) in [5.74, 6) is -0.0322. The Labute approximate surface area is 126 Å². The van der Waals surface area contributed by atoms with Crippen molar-refractivity contribution in [1.29, 1.82) is 0 Å². The lowest BCUT2D eigenvalue weighted by atomic mass is 9.79. The van der Waals surface area contributed by atoms with Crippen molar-refractivity contribution >= 4 is 5.97 Å². The van der Waals surface area contributed by atoms with E-state index in [0.29, 0.717) is 19.0 Å². The molecule has 0 unspecified atom stereocenters. The Morgan fingerprint density at radius 2 is 2.10 bits per heavy atom. The highest BCUT2D eigenvalue weighted by molar-refractivity contribution is 5.74. The molecular formula is C16H27N3O2. The molecule has 1 saturated carbocycles. The smallest absolute Gasteiger partial charge is 0.310 e. The molecule has 1 fully saturated rings. The van der Waals surface area contributed by atoms with E-state index < -0.39 is 11.4 Å². The van der Waals surface area contributed by atoms with Crippen molar-refractivity contribution in [2.24, 2.45) is 5.41 Å². The van der Waals surface area contributed by atoms with Crippen LogP contribution < -0.4 is 5.32 Å². The van der Waals surface area contributed by atoms with E-state index in [0.717, 1.165) is 37.1 Å². The molecule has 0 amide bonds. The first-order valence-corrected chi connectivity index (χ1v) is 8.09. The van der Waals surface area contributed by atoms with Gasteiger partial charge < -0.3 is 10.4 Å². The van der Waals surface area contributed by atoms with Gasteiger partial charge in [0, 0.05) is 24.7 Å². The molecule has 1 heterocycles. The van der Waals surface area contributed by atoms with Gasteiger partial charge in [0.25, 0.3) is 0 Å². The summed E-state index contributed by atoms with van der Waals surface area (Å²) in [6.07, 6.45) is 5.71. The van der Waals surface area contributed by atoms with Crippen molar-refractivity contribution in [3.63, 3.8) is 0 Å². The number of nitrogens with one attached hydrogen (secondary N) is 2. The Morgan fingerprint density at radius 3 is 2.62 bits per heavy atom. The van der Waals surface area contributed by atoms with E-state index in [2.05, 4.69) is 21.6 Å². The lowest BCUT2D eigenvalue weighted by molar-refractivity contribution is -0.149. The molecule has 0 aliphatic heterocycles. The van der Waals surface area contributed by atoms with Crippen molar-refractivity contribution in [3.05, 3.63) is 17.5 Å². The number of carbonyl (C=O) groups is 1. The minimum Gasteiger partial charge on any atom is -0.481 e. The topological polar surface area (TPSA) is 78.0 Å². The molecule has 0 saturated heterocycles. The van der Waals surface area contributed by atoms with Crippen molar-refractivity contribution < 1.29 is 9.90 Å². The maximum absolute atomic E-state index is 11.7. The summed E-state index contributed by atoms with van der Waals surface area (Å²) in [6, 6.07) is 2.10. The van der Waals surface area contributed by atoms with E-state index >= 15 is 0 Å². The molecule has 2 rings (SSSR count). The number of aromatic nitrogens is 2. The molecule has 1 aromatic heterocycles. The predicted octanol–water partition coefficient (Wildman–Crippen LogP) is 3.05. The largest absolute Gasteiger partial charge is 0.481 e. The number of carboxylic acids is 1. The van der Waals surface area contributed by atoms with Crippen LogP contribution in [0.2, 0.25) is 0 Å². The number of hydrogen-bond acceptors (Lipinski definition) is 3. The quantitative estimate of drug-likeness (QED) is 0.619. The van der Waals surface area contributed by atoms with Gasteiger partial charge in [0.1, 0.15) is 0 Å². The van der Waals surface area contributed by atoms with Crippen LogP contribution in [-0.2, 0) is 11.3 Å². The lowest BCUT2D eigenvalue weighted by Gasteiger charge is -2.29. The molecule has 5 nitrogen and oxygen atoms in total. The molecular weight excluding hydrogens is 266 g/mol. The SMILES string of the molecule is CCCC(CCC)(CNCc1cc(C2CC2)n[nH]1)C(=O)O. The Balaban J connectivity index is 1.89. The van der Waals surface area contributed by atoms with Gasteiger partial charge in [0.2, 0.25) is 0 Å². The number of aromatic amines is 1. The fourth-order valence-electron chi connectivity index (χ4n) is 3.04. The van der Waals surface area contributed by atoms with E-state index in [1.165, 1.54) is 12.8 Å². The molecule has 0 aromatic carbocycles. The minimum absolute atomic E-state index is 0.516. The van der Waals surface area contributed by atoms with E-state index in [-0.39, 0.29) is 0 Å². The number of aliphatic carboxylic acids is 1. The molecule has 0 radical (unpaired) electrons. The minimum atomic E-state index is -0.679. The third-order valence-electron chi connectivity index (χ3n) is 4.34. The molecule has 118 valence electrons. The van der Waals surface area contributed by atoms with Crippen LogP contribution in [-0.4, -0.2) is 27.8 Å². The molecule has 5 heteroatoms. The van der Waals surface area contributed by atoms with Gasteiger partial charge >= 0.3 is 5.97 Å². The normalized spacial score (nSPS) is 15.3. The fourth-order valence-corrected chi connectivity index (χ4v) is 3.04. The van der Waals surface area contributed by atoms with Crippen LogP contribution >= 0.6 is 0 Å². The molecule has 1 aliphatic rings. The average molecular weight is 293 g/mol. The second-order valence-electron chi connectivity index (χ2n) is 6.28. The number of H-pyrrole nitrogens is 1. The highest BCUT2D eigenvalue weighted by atomic mass is 16.4. The summed E-state index contributed by atoms with van der Waals surface area (Å²) in [6.45, 7) is 5.26. The molecule has 0 atom stereocenters. The van der Waals surface area contributed by atoms with E-state index in [1.807, 2.05) is 13.8 Å². The van der Waals surface area contributed by atoms with Crippen molar-refractivity contribution in [2.45, 2.75) is 64.8 Å². The number of rotatable bonds is 10. The van der Waals surface area contributed by atoms with Crippen molar-refractivity contribution in [2.75, 3.05) is 6.54 Å². The first kappa shape index (κ1) is 16.0. The summed E-state index contributed by atoms with van der Waals surface area (Å²) in [5.41, 5.74) is 1.56. The predicted molar refractivity (Wildman–Crippen MR) is 82.2 cm³/mol. The molecule has 21 heavy (non-hydrogen) atoms. The molecule has 0 spiro atoms. The standard InChI is InChI=1S/C16H27N3O2/c1-3-7-16(8-4-2,15(20)21)11-17-10-13-9-14(19-18-13)12-5-6-12/h9,12,17H,3-8,10-11H2,1-2H3,(H,18,19)(H,20,21). The van der Waals surface area contributed by atoms with Crippen LogP contribution in [0.25, 0.3) is 0 Å². The first-order chi connectivity index (χ1) is 10.1. The molecule has 3 N–H and O–H groups in total. The van der Waals surface area contributed by atoms with E-state index in [4.69, 9.17) is 0 Å². The van der Waals surface area contributed by atoms with Crippen molar-refractivity contribution in [1.82, 2.24) is 15.5 Å². The van der Waals surface area contributed by atoms with Gasteiger partial charge in [-0.05, 0) is 31.7 Å². The Bertz CT molecular complexity index is 460. The number of carboxylic acid groups (broad SMARTS) is 1. The number of nitrogens with zero attached hydrogens (tertiary/aromatic N) is 1. The van der Waals surface area contributed by atoms with Crippen LogP contribution in [0.4, 0.5) is 0 Å². The molecule has 0 bridgehead atoms. The third-order valence-corrected chi connectivity index (χ3v) is 4.34. The lowest BCUT2D eigenvalue weighted by Crippen LogP contribution is -2.40. The maximum atomic E-state index is 11.7. The highest BCUT2D eigenvalue weighted by Crippen LogP contribution is 2.39. The van der Waals surface area contributed by atoms with Crippen LogP contribution in [0.3, 0.4) is 0 Å². The van der Waals surface area contributed by atoms with Crippen LogP contribution in [0, 0.1) is 5.41 Å². The second kappa shape index (κ2) is 7.07. The maximum Gasteiger partial charge on any atom is 0.310 e. The van der Waals surface area contributed by atoms with Gasteiger partial charge in [-0.15, -0.1) is 0 Å². The summed E-state index contributed by atoms with van der Waals surface area (Å²) >= 11 is 0. The van der Waals surface area contributed by atoms with Gasteiger partial charge in [-0.2, -0.15) is 5.10 Å². The zero-order chi connectivity index (χ0) is 15.3. The van der Waals surface area contributed by atoms with Crippen LogP contribution in [0.15, 0.2) is 6.07 Å². The van der Waals surface area contributed by atoms with Gasteiger partial charge in [-0.1, -0.05) is 26.7 Å². The monoisotopic (exact) mass is 293 g/mol. The average Bonchev–Trinajstić information content (AvgIpc) is 3.19. The first-order valence-electron chi connectivity index (χ1n) is 8.09. The zero-order valence-electron chi connectivity index (χ0n) is 13.1. The Morgan fingerprint density at radius 1 is 1.43 bits per heavy atom. The highest BCUT2D eigenvalue weighted by Gasteiger charge is 2.36. The van der Waals surface area contributed by atoms with Crippen molar-refractivity contribution in [3.8, 4) is 0 Å². The molecule has 1 aliphatic carbocycles.